The standard InChI is InChI=1S/C29H34N4O3/c1-18(2)17-22(29(28(30)36)15-7-8-16-29)26(34)32-25-27(35)33(4)23-10-6-5-9-21(23)24(31-25)20-13-11-19(3)12-14-20/h5-14,18,22,25H,15-17H2,1-4H3,(H2,30,36)(H,32,34)/t22-,25+/m0/s1. The van der Waals surface area contributed by atoms with E-state index in [1.165, 1.54) is 4.90 Å². The number of benzodiazepines with no additional fused rings is 1. The SMILES string of the molecule is Cc1ccc(C2=N[C@H](NC(=O)[C@H](CC(C)C)C3(C(N)=O)CC=CC3)C(=O)N(C)c3ccccc32)cc1. The van der Waals surface area contributed by atoms with E-state index in [0.29, 0.717) is 30.7 Å². The zero-order chi connectivity index (χ0) is 26.0. The summed E-state index contributed by atoms with van der Waals surface area (Å²) in [5.41, 5.74) is 8.97. The maximum absolute atomic E-state index is 13.8. The summed E-state index contributed by atoms with van der Waals surface area (Å²) < 4.78 is 0. The molecule has 0 aromatic heterocycles. The molecule has 4 rings (SSSR count). The predicted molar refractivity (Wildman–Crippen MR) is 142 cm³/mol. The molecular formula is C29H34N4O3. The van der Waals surface area contributed by atoms with Gasteiger partial charge in [-0.15, -0.1) is 0 Å². The van der Waals surface area contributed by atoms with Gasteiger partial charge in [0, 0.05) is 18.2 Å². The monoisotopic (exact) mass is 486 g/mol. The second-order valence-electron chi connectivity index (χ2n) is 10.3. The van der Waals surface area contributed by atoms with Crippen LogP contribution in [0.25, 0.3) is 0 Å². The van der Waals surface area contributed by atoms with Crippen molar-refractivity contribution in [2.45, 2.75) is 46.2 Å². The molecule has 7 heteroatoms. The van der Waals surface area contributed by atoms with E-state index in [4.69, 9.17) is 10.7 Å². The topological polar surface area (TPSA) is 105 Å². The van der Waals surface area contributed by atoms with Gasteiger partial charge in [-0.1, -0.05) is 74.0 Å². The van der Waals surface area contributed by atoms with Crippen LogP contribution in [0.15, 0.2) is 65.7 Å². The molecule has 0 saturated heterocycles. The van der Waals surface area contributed by atoms with E-state index >= 15 is 0 Å². The van der Waals surface area contributed by atoms with Crippen molar-refractivity contribution in [3.05, 3.63) is 77.4 Å². The van der Waals surface area contributed by atoms with Crippen LogP contribution in [0.5, 0.6) is 0 Å². The number of allylic oxidation sites excluding steroid dienone is 2. The summed E-state index contributed by atoms with van der Waals surface area (Å²) in [5.74, 6) is -1.74. The lowest BCUT2D eigenvalue weighted by Crippen LogP contribution is -2.53. The number of aliphatic imine (C=N–C) groups is 1. The van der Waals surface area contributed by atoms with Crippen LogP contribution in [0.1, 0.15) is 49.8 Å². The molecule has 0 spiro atoms. The van der Waals surface area contributed by atoms with Crippen LogP contribution >= 0.6 is 0 Å². The summed E-state index contributed by atoms with van der Waals surface area (Å²) >= 11 is 0. The molecule has 0 bridgehead atoms. The Balaban J connectivity index is 1.75. The molecule has 0 unspecified atom stereocenters. The Bertz CT molecular complexity index is 1220. The first-order chi connectivity index (χ1) is 17.1. The van der Waals surface area contributed by atoms with E-state index in [2.05, 4.69) is 5.32 Å². The fraction of sp³-hybridized carbons (Fsp3) is 0.379. The summed E-state index contributed by atoms with van der Waals surface area (Å²) in [6.45, 7) is 6.02. The smallest absolute Gasteiger partial charge is 0.272 e. The zero-order valence-corrected chi connectivity index (χ0v) is 21.3. The van der Waals surface area contributed by atoms with Gasteiger partial charge in [-0.25, -0.2) is 4.99 Å². The number of para-hydroxylation sites is 1. The van der Waals surface area contributed by atoms with Gasteiger partial charge < -0.3 is 16.0 Å². The third kappa shape index (κ3) is 4.70. The molecule has 0 radical (unpaired) electrons. The highest BCUT2D eigenvalue weighted by molar-refractivity contribution is 6.20. The number of anilines is 1. The van der Waals surface area contributed by atoms with Gasteiger partial charge >= 0.3 is 0 Å². The molecule has 7 nitrogen and oxygen atoms in total. The van der Waals surface area contributed by atoms with Crippen molar-refractivity contribution in [2.75, 3.05) is 11.9 Å². The van der Waals surface area contributed by atoms with E-state index in [0.717, 1.165) is 16.7 Å². The predicted octanol–water partition coefficient (Wildman–Crippen LogP) is 3.74. The van der Waals surface area contributed by atoms with Crippen molar-refractivity contribution in [1.82, 2.24) is 5.32 Å². The Labute approximate surface area is 212 Å². The first-order valence-electron chi connectivity index (χ1n) is 12.4. The molecule has 0 fully saturated rings. The van der Waals surface area contributed by atoms with E-state index in [1.54, 1.807) is 7.05 Å². The van der Waals surface area contributed by atoms with E-state index in [9.17, 15) is 14.4 Å². The summed E-state index contributed by atoms with van der Waals surface area (Å²) in [7, 11) is 1.69. The van der Waals surface area contributed by atoms with Gasteiger partial charge in [-0.2, -0.15) is 0 Å². The van der Waals surface area contributed by atoms with Gasteiger partial charge in [-0.05, 0) is 38.2 Å². The van der Waals surface area contributed by atoms with Crippen LogP contribution in [0.2, 0.25) is 0 Å². The minimum Gasteiger partial charge on any atom is -0.369 e. The molecule has 3 amide bonds. The number of benzene rings is 2. The van der Waals surface area contributed by atoms with E-state index in [1.807, 2.05) is 81.5 Å². The highest BCUT2D eigenvalue weighted by Gasteiger charge is 2.49. The average molecular weight is 487 g/mol. The number of primary amides is 1. The van der Waals surface area contributed by atoms with Crippen LogP contribution in [-0.2, 0) is 14.4 Å². The third-order valence-electron chi connectivity index (χ3n) is 7.26. The number of nitrogens with one attached hydrogen (secondary N) is 1. The normalized spacial score (nSPS) is 19.5. The van der Waals surface area contributed by atoms with Crippen molar-refractivity contribution in [3.8, 4) is 0 Å². The van der Waals surface area contributed by atoms with E-state index in [-0.39, 0.29) is 17.7 Å². The van der Waals surface area contributed by atoms with Crippen LogP contribution in [0, 0.1) is 24.2 Å². The molecule has 2 aromatic carbocycles. The van der Waals surface area contributed by atoms with Gasteiger partial charge in [0.1, 0.15) is 0 Å². The number of nitrogens with zero attached hydrogens (tertiary/aromatic N) is 2. The molecule has 36 heavy (non-hydrogen) atoms. The van der Waals surface area contributed by atoms with E-state index < -0.39 is 23.4 Å². The number of likely N-dealkylation sites (N-methyl/N-ethyl adjacent to an activating group) is 1. The number of hydrogen-bond donors (Lipinski definition) is 2. The Morgan fingerprint density at radius 1 is 1.11 bits per heavy atom. The lowest BCUT2D eigenvalue weighted by molar-refractivity contribution is -0.141. The maximum atomic E-state index is 13.8. The van der Waals surface area contributed by atoms with Gasteiger partial charge in [0.25, 0.3) is 5.91 Å². The number of amides is 3. The highest BCUT2D eigenvalue weighted by atomic mass is 16.2. The summed E-state index contributed by atoms with van der Waals surface area (Å²) in [4.78, 5) is 46.3. The average Bonchev–Trinajstić information content (AvgIpc) is 3.32. The molecule has 0 saturated carbocycles. The first kappa shape index (κ1) is 25.4. The first-order valence-corrected chi connectivity index (χ1v) is 12.4. The molecule has 1 heterocycles. The molecule has 188 valence electrons. The van der Waals surface area contributed by atoms with Crippen LogP contribution in [-0.4, -0.2) is 36.6 Å². The highest BCUT2D eigenvalue weighted by Crippen LogP contribution is 2.43. The largest absolute Gasteiger partial charge is 0.369 e. The summed E-state index contributed by atoms with van der Waals surface area (Å²) in [6, 6.07) is 15.5. The lowest BCUT2D eigenvalue weighted by atomic mass is 9.69. The Morgan fingerprint density at radius 2 is 1.75 bits per heavy atom. The second kappa shape index (κ2) is 10.1. The number of aryl methyl sites for hydroxylation is 1. The second-order valence-corrected chi connectivity index (χ2v) is 10.3. The summed E-state index contributed by atoms with van der Waals surface area (Å²) in [6.07, 6.45) is 3.96. The van der Waals surface area contributed by atoms with Gasteiger partial charge in [0.2, 0.25) is 18.0 Å². The number of rotatable bonds is 7. The quantitative estimate of drug-likeness (QED) is 0.583. The minimum atomic E-state index is -1.14. The van der Waals surface area contributed by atoms with Crippen molar-refractivity contribution in [2.24, 2.45) is 28.0 Å². The third-order valence-corrected chi connectivity index (χ3v) is 7.26. The fourth-order valence-corrected chi connectivity index (χ4v) is 5.18. The van der Waals surface area contributed by atoms with Gasteiger partial charge in [0.05, 0.1) is 22.7 Å². The summed E-state index contributed by atoms with van der Waals surface area (Å²) in [5, 5.41) is 2.89. The van der Waals surface area contributed by atoms with Crippen molar-refractivity contribution in [1.29, 1.82) is 0 Å². The number of fused-ring (bicyclic) bond motifs is 1. The van der Waals surface area contributed by atoms with Crippen LogP contribution < -0.4 is 16.0 Å². The molecule has 2 atom stereocenters. The molecule has 1 aliphatic heterocycles. The number of nitrogens with two attached hydrogens (primary N) is 1. The zero-order valence-electron chi connectivity index (χ0n) is 21.3. The Kier molecular flexibility index (Phi) is 7.11. The van der Waals surface area contributed by atoms with Crippen LogP contribution in [0.3, 0.4) is 0 Å². The van der Waals surface area contributed by atoms with Gasteiger partial charge in [0.15, 0.2) is 0 Å². The van der Waals surface area contributed by atoms with Crippen LogP contribution in [0.4, 0.5) is 5.69 Å². The molecule has 1 aliphatic carbocycles. The number of carbonyl (C=O) groups is 3. The molecule has 2 aliphatic rings. The molecule has 3 N–H and O–H groups in total. The number of carbonyl (C=O) groups excluding carboxylic acids is 3. The lowest BCUT2D eigenvalue weighted by Gasteiger charge is -2.35. The maximum Gasteiger partial charge on any atom is 0.272 e. The van der Waals surface area contributed by atoms with Crippen molar-refractivity contribution in [3.63, 3.8) is 0 Å². The fourth-order valence-electron chi connectivity index (χ4n) is 5.18. The Morgan fingerprint density at radius 3 is 2.36 bits per heavy atom. The number of hydrogen-bond acceptors (Lipinski definition) is 4. The molecular weight excluding hydrogens is 452 g/mol. The molecule has 2 aromatic rings. The van der Waals surface area contributed by atoms with Crippen molar-refractivity contribution >= 4 is 29.1 Å². The van der Waals surface area contributed by atoms with Crippen molar-refractivity contribution < 1.29 is 14.4 Å². The Hall–Kier alpha value is -3.74. The van der Waals surface area contributed by atoms with Gasteiger partial charge in [-0.3, -0.25) is 14.4 Å². The minimum absolute atomic E-state index is 0.154.